The lowest BCUT2D eigenvalue weighted by Crippen LogP contribution is -2.48. The molecule has 0 N–H and O–H groups in total. The van der Waals surface area contributed by atoms with E-state index >= 15 is 0 Å². The zero-order chi connectivity index (χ0) is 19.5. The second-order valence-electron chi connectivity index (χ2n) is 6.67. The Balaban J connectivity index is 1.35. The Labute approximate surface area is 166 Å². The first kappa shape index (κ1) is 18.6. The van der Waals surface area contributed by atoms with Crippen molar-refractivity contribution in [2.24, 2.45) is 0 Å². The van der Waals surface area contributed by atoms with Crippen molar-refractivity contribution in [1.82, 2.24) is 19.2 Å². The molecular weight excluding hydrogens is 376 g/mol. The van der Waals surface area contributed by atoms with Crippen LogP contribution in [0.4, 0.5) is 0 Å². The Morgan fingerprint density at radius 1 is 1.18 bits per heavy atom. The predicted molar refractivity (Wildman–Crippen MR) is 108 cm³/mol. The molecule has 28 heavy (non-hydrogen) atoms. The Morgan fingerprint density at radius 3 is 2.64 bits per heavy atom. The van der Waals surface area contributed by atoms with Crippen molar-refractivity contribution in [3.8, 4) is 5.75 Å². The van der Waals surface area contributed by atoms with Crippen molar-refractivity contribution in [3.63, 3.8) is 0 Å². The van der Waals surface area contributed by atoms with Crippen LogP contribution in [0.15, 0.2) is 46.7 Å². The number of aromatic nitrogens is 2. The van der Waals surface area contributed by atoms with Gasteiger partial charge in [0.05, 0.1) is 12.3 Å². The highest BCUT2D eigenvalue weighted by molar-refractivity contribution is 7.15. The highest BCUT2D eigenvalue weighted by atomic mass is 32.1. The SMILES string of the molecule is CCOc1ccc(C(=O)N2CCN(Cc3cc(=O)n4ccsc4n3)CC2)cc1. The number of ether oxygens (including phenoxy) is 1. The molecule has 1 fully saturated rings. The first-order chi connectivity index (χ1) is 13.6. The standard InChI is InChI=1S/C20H22N4O3S/c1-2-27-17-5-3-15(4-6-17)19(26)23-9-7-22(8-10-23)14-16-13-18(25)24-11-12-28-20(24)21-16/h3-6,11-13H,2,7-10,14H2,1H3. The zero-order valence-corrected chi connectivity index (χ0v) is 16.5. The highest BCUT2D eigenvalue weighted by Gasteiger charge is 2.22. The smallest absolute Gasteiger partial charge is 0.258 e. The molecule has 8 heteroatoms. The number of nitrogens with zero attached hydrogens (tertiary/aromatic N) is 4. The molecule has 0 unspecified atom stereocenters. The van der Waals surface area contributed by atoms with Gasteiger partial charge in [-0.15, -0.1) is 11.3 Å². The van der Waals surface area contributed by atoms with Crippen LogP contribution in [0.25, 0.3) is 4.96 Å². The van der Waals surface area contributed by atoms with Gasteiger partial charge in [0.1, 0.15) is 5.75 Å². The number of amides is 1. The molecule has 0 bridgehead atoms. The molecule has 0 radical (unpaired) electrons. The minimum atomic E-state index is -0.0504. The quantitative estimate of drug-likeness (QED) is 0.659. The summed E-state index contributed by atoms with van der Waals surface area (Å²) in [7, 11) is 0. The summed E-state index contributed by atoms with van der Waals surface area (Å²) in [5.74, 6) is 0.814. The molecule has 3 aromatic rings. The van der Waals surface area contributed by atoms with E-state index in [2.05, 4.69) is 9.88 Å². The van der Waals surface area contributed by atoms with Crippen LogP contribution in [0.3, 0.4) is 0 Å². The van der Waals surface area contributed by atoms with E-state index in [1.165, 1.54) is 11.3 Å². The number of piperazine rings is 1. The molecule has 0 aliphatic carbocycles. The average molecular weight is 398 g/mol. The summed E-state index contributed by atoms with van der Waals surface area (Å²) in [4.78, 5) is 34.2. The van der Waals surface area contributed by atoms with E-state index in [0.29, 0.717) is 36.8 Å². The fourth-order valence-electron chi connectivity index (χ4n) is 3.35. The Hall–Kier alpha value is -2.71. The van der Waals surface area contributed by atoms with E-state index < -0.39 is 0 Å². The van der Waals surface area contributed by atoms with Gasteiger partial charge >= 0.3 is 0 Å². The van der Waals surface area contributed by atoms with Crippen LogP contribution in [0.1, 0.15) is 23.0 Å². The first-order valence-electron chi connectivity index (χ1n) is 9.34. The molecule has 4 rings (SSSR count). The molecule has 1 amide bonds. The highest BCUT2D eigenvalue weighted by Crippen LogP contribution is 2.16. The van der Waals surface area contributed by atoms with Gasteiger partial charge in [-0.25, -0.2) is 4.98 Å². The van der Waals surface area contributed by atoms with Gasteiger partial charge in [-0.1, -0.05) is 0 Å². The second kappa shape index (κ2) is 8.12. The van der Waals surface area contributed by atoms with Crippen LogP contribution >= 0.6 is 11.3 Å². The van der Waals surface area contributed by atoms with Gasteiger partial charge in [-0.3, -0.25) is 18.9 Å². The molecule has 0 saturated carbocycles. The van der Waals surface area contributed by atoms with Crippen LogP contribution in [-0.2, 0) is 6.54 Å². The molecule has 0 atom stereocenters. The maximum absolute atomic E-state index is 12.7. The fraction of sp³-hybridized carbons (Fsp3) is 0.350. The van der Waals surface area contributed by atoms with Crippen molar-refractivity contribution in [1.29, 1.82) is 0 Å². The topological polar surface area (TPSA) is 67.2 Å². The number of carbonyl (C=O) groups is 1. The summed E-state index contributed by atoms with van der Waals surface area (Å²) in [6.45, 7) is 6.00. The van der Waals surface area contributed by atoms with Gasteiger partial charge in [0, 0.05) is 55.9 Å². The maximum atomic E-state index is 12.7. The van der Waals surface area contributed by atoms with Crippen molar-refractivity contribution < 1.29 is 9.53 Å². The molecular formula is C20H22N4O3S. The third kappa shape index (κ3) is 3.93. The lowest BCUT2D eigenvalue weighted by molar-refractivity contribution is 0.0627. The summed E-state index contributed by atoms with van der Waals surface area (Å²) in [6.07, 6.45) is 1.74. The number of hydrogen-bond donors (Lipinski definition) is 0. The van der Waals surface area contributed by atoms with Gasteiger partial charge in [0.2, 0.25) is 0 Å². The van der Waals surface area contributed by atoms with Gasteiger partial charge < -0.3 is 9.64 Å². The number of hydrogen-bond acceptors (Lipinski definition) is 6. The zero-order valence-electron chi connectivity index (χ0n) is 15.7. The van der Waals surface area contributed by atoms with Crippen LogP contribution in [0.2, 0.25) is 0 Å². The number of rotatable bonds is 5. The minimum Gasteiger partial charge on any atom is -0.494 e. The molecule has 1 aliphatic heterocycles. The van der Waals surface area contributed by atoms with Crippen molar-refractivity contribution >= 4 is 22.2 Å². The Kier molecular flexibility index (Phi) is 5.40. The van der Waals surface area contributed by atoms with Gasteiger partial charge in [0.25, 0.3) is 11.5 Å². The van der Waals surface area contributed by atoms with Gasteiger partial charge in [0.15, 0.2) is 4.96 Å². The molecule has 1 saturated heterocycles. The lowest BCUT2D eigenvalue weighted by Gasteiger charge is -2.34. The third-order valence-electron chi connectivity index (χ3n) is 4.81. The average Bonchev–Trinajstić information content (AvgIpc) is 3.18. The summed E-state index contributed by atoms with van der Waals surface area (Å²) in [5.41, 5.74) is 1.40. The predicted octanol–water partition coefficient (Wildman–Crippen LogP) is 2.11. The van der Waals surface area contributed by atoms with E-state index in [4.69, 9.17) is 4.74 Å². The summed E-state index contributed by atoms with van der Waals surface area (Å²) in [6, 6.07) is 8.88. The Morgan fingerprint density at radius 2 is 1.93 bits per heavy atom. The monoisotopic (exact) mass is 398 g/mol. The number of fused-ring (bicyclic) bond motifs is 1. The molecule has 1 aliphatic rings. The van der Waals surface area contributed by atoms with Crippen LogP contribution in [0, 0.1) is 0 Å². The minimum absolute atomic E-state index is 0.0408. The summed E-state index contributed by atoms with van der Waals surface area (Å²) in [5, 5.41) is 1.86. The van der Waals surface area contributed by atoms with Crippen LogP contribution < -0.4 is 10.3 Å². The fourth-order valence-corrected chi connectivity index (χ4v) is 4.09. The number of carbonyl (C=O) groups excluding carboxylic acids is 1. The van der Waals surface area contributed by atoms with Crippen molar-refractivity contribution in [2.75, 3.05) is 32.8 Å². The number of thiazole rings is 1. The van der Waals surface area contributed by atoms with E-state index in [1.54, 1.807) is 16.7 Å². The first-order valence-corrected chi connectivity index (χ1v) is 10.2. The van der Waals surface area contributed by atoms with Crippen LogP contribution in [0.5, 0.6) is 5.75 Å². The second-order valence-corrected chi connectivity index (χ2v) is 7.54. The Bertz CT molecular complexity index is 1020. The van der Waals surface area contributed by atoms with E-state index in [9.17, 15) is 9.59 Å². The van der Waals surface area contributed by atoms with Gasteiger partial charge in [-0.05, 0) is 31.2 Å². The molecule has 1 aromatic carbocycles. The van der Waals surface area contributed by atoms with Crippen molar-refractivity contribution in [3.05, 3.63) is 63.5 Å². The molecule has 2 aromatic heterocycles. The van der Waals surface area contributed by atoms with Crippen LogP contribution in [-0.4, -0.2) is 57.9 Å². The van der Waals surface area contributed by atoms with E-state index in [1.807, 2.05) is 41.5 Å². The summed E-state index contributed by atoms with van der Waals surface area (Å²) >= 11 is 1.46. The normalized spacial score (nSPS) is 15.1. The largest absolute Gasteiger partial charge is 0.494 e. The maximum Gasteiger partial charge on any atom is 0.258 e. The molecule has 3 heterocycles. The summed E-state index contributed by atoms with van der Waals surface area (Å²) < 4.78 is 6.98. The number of benzene rings is 1. The molecule has 0 spiro atoms. The van der Waals surface area contributed by atoms with E-state index in [-0.39, 0.29) is 11.5 Å². The van der Waals surface area contributed by atoms with E-state index in [0.717, 1.165) is 24.5 Å². The lowest BCUT2D eigenvalue weighted by atomic mass is 10.1. The third-order valence-corrected chi connectivity index (χ3v) is 5.57. The van der Waals surface area contributed by atoms with Crippen molar-refractivity contribution in [2.45, 2.75) is 13.5 Å². The molecule has 146 valence electrons. The van der Waals surface area contributed by atoms with Gasteiger partial charge in [-0.2, -0.15) is 0 Å². The molecule has 7 nitrogen and oxygen atoms in total.